The summed E-state index contributed by atoms with van der Waals surface area (Å²) >= 11 is 1.50. The molecule has 0 N–H and O–H groups in total. The summed E-state index contributed by atoms with van der Waals surface area (Å²) in [5.41, 5.74) is 0.678. The van der Waals surface area contributed by atoms with Crippen LogP contribution in [0.4, 0.5) is 9.18 Å². The Balaban J connectivity index is 1.63. The maximum Gasteiger partial charge on any atom is 0.344 e. The van der Waals surface area contributed by atoms with Crippen molar-refractivity contribution in [1.82, 2.24) is 14.7 Å². The molecule has 1 saturated heterocycles. The van der Waals surface area contributed by atoms with Gasteiger partial charge in [-0.3, -0.25) is 9.89 Å². The third-order valence-electron chi connectivity index (χ3n) is 7.19. The molecule has 1 heterocycles. The van der Waals surface area contributed by atoms with Gasteiger partial charge in [0.2, 0.25) is 0 Å². The van der Waals surface area contributed by atoms with Gasteiger partial charge in [-0.05, 0) is 57.4 Å². The van der Waals surface area contributed by atoms with E-state index in [1.165, 1.54) is 30.7 Å². The standard InChI is InChI=1S/C28H44FN5O2S/c1-6-14-34(24-10-8-9-11-24)27(35)31-22(4)37-28(30-21(3)7-2)33-17-15-32(16-18-33)20-23-12-13-25(36-5)19-26(23)29/h12-13,19,21,24H,6-11,14-18,20H2,1-5H3. The molecule has 1 atom stereocenters. The fourth-order valence-corrected chi connectivity index (χ4v) is 5.75. The lowest BCUT2D eigenvalue weighted by Gasteiger charge is -2.36. The first-order valence-electron chi connectivity index (χ1n) is 13.8. The van der Waals surface area contributed by atoms with Crippen molar-refractivity contribution in [3.63, 3.8) is 0 Å². The Morgan fingerprint density at radius 2 is 1.92 bits per heavy atom. The van der Waals surface area contributed by atoms with E-state index in [0.29, 0.717) is 23.9 Å². The highest BCUT2D eigenvalue weighted by Gasteiger charge is 2.27. The topological polar surface area (TPSA) is 60.7 Å². The van der Waals surface area contributed by atoms with Crippen LogP contribution in [0.3, 0.4) is 0 Å². The average Bonchev–Trinajstić information content (AvgIpc) is 3.42. The van der Waals surface area contributed by atoms with Crippen LogP contribution in [-0.4, -0.2) is 82.9 Å². The molecule has 1 unspecified atom stereocenters. The quantitative estimate of drug-likeness (QED) is 0.302. The highest BCUT2D eigenvalue weighted by atomic mass is 32.2. The fourth-order valence-electron chi connectivity index (χ4n) is 4.82. The SMILES string of the molecule is CCCN(C(=O)N=C(C)SC(=NC(C)CC)N1CCN(Cc2ccc(OC)cc2F)CC1)C1CCCC1. The first-order valence-corrected chi connectivity index (χ1v) is 14.6. The van der Waals surface area contributed by atoms with E-state index in [1.807, 2.05) is 11.8 Å². The molecule has 1 aliphatic carbocycles. The third kappa shape index (κ3) is 8.70. The maximum absolute atomic E-state index is 14.4. The normalized spacial score (nSPS) is 18.8. The second-order valence-electron chi connectivity index (χ2n) is 10.0. The molecule has 9 heteroatoms. The molecular weight excluding hydrogens is 489 g/mol. The number of carbonyl (C=O) groups excluding carboxylic acids is 1. The highest BCUT2D eigenvalue weighted by molar-refractivity contribution is 8.26. The number of carbonyl (C=O) groups is 1. The van der Waals surface area contributed by atoms with Gasteiger partial charge in [-0.2, -0.15) is 4.99 Å². The van der Waals surface area contributed by atoms with Crippen molar-refractivity contribution in [2.45, 2.75) is 84.8 Å². The summed E-state index contributed by atoms with van der Waals surface area (Å²) in [6.45, 7) is 12.8. The summed E-state index contributed by atoms with van der Waals surface area (Å²) in [5, 5.41) is 1.65. The lowest BCUT2D eigenvalue weighted by atomic mass is 10.1. The van der Waals surface area contributed by atoms with Crippen LogP contribution in [0.1, 0.15) is 71.8 Å². The molecule has 1 aliphatic heterocycles. The Hall–Kier alpha value is -2.13. The van der Waals surface area contributed by atoms with Gasteiger partial charge in [0.15, 0.2) is 5.17 Å². The van der Waals surface area contributed by atoms with Crippen LogP contribution in [0.5, 0.6) is 5.75 Å². The Morgan fingerprint density at radius 1 is 1.22 bits per heavy atom. The van der Waals surface area contributed by atoms with E-state index < -0.39 is 0 Å². The van der Waals surface area contributed by atoms with E-state index in [9.17, 15) is 9.18 Å². The van der Waals surface area contributed by atoms with Crippen molar-refractivity contribution in [2.75, 3.05) is 39.8 Å². The molecule has 0 aromatic heterocycles. The summed E-state index contributed by atoms with van der Waals surface area (Å²) in [4.78, 5) is 29.1. The Bertz CT molecular complexity index is 943. The molecule has 2 fully saturated rings. The predicted octanol–water partition coefficient (Wildman–Crippen LogP) is 6.03. The van der Waals surface area contributed by atoms with Crippen molar-refractivity contribution in [3.8, 4) is 5.75 Å². The summed E-state index contributed by atoms with van der Waals surface area (Å²) in [7, 11) is 1.55. The van der Waals surface area contributed by atoms with Crippen LogP contribution >= 0.6 is 11.8 Å². The summed E-state index contributed by atoms with van der Waals surface area (Å²) in [6, 6.07) is 5.44. The number of hydrogen-bond donors (Lipinski definition) is 0. The first kappa shape index (κ1) is 29.4. The number of benzene rings is 1. The van der Waals surface area contributed by atoms with Crippen LogP contribution in [0.15, 0.2) is 28.2 Å². The number of amides is 2. The molecule has 0 radical (unpaired) electrons. The summed E-state index contributed by atoms with van der Waals surface area (Å²) in [5.74, 6) is 0.299. The molecule has 7 nitrogen and oxygen atoms in total. The number of rotatable bonds is 8. The zero-order valence-electron chi connectivity index (χ0n) is 23.2. The Morgan fingerprint density at radius 3 is 2.51 bits per heavy atom. The highest BCUT2D eigenvalue weighted by Crippen LogP contribution is 2.25. The van der Waals surface area contributed by atoms with Gasteiger partial charge in [-0.15, -0.1) is 0 Å². The summed E-state index contributed by atoms with van der Waals surface area (Å²) in [6.07, 6.45) is 6.44. The van der Waals surface area contributed by atoms with E-state index in [4.69, 9.17) is 9.73 Å². The van der Waals surface area contributed by atoms with Gasteiger partial charge in [0.05, 0.1) is 12.2 Å². The monoisotopic (exact) mass is 533 g/mol. The average molecular weight is 534 g/mol. The molecule has 3 rings (SSSR count). The van der Waals surface area contributed by atoms with Crippen molar-refractivity contribution in [1.29, 1.82) is 0 Å². The molecule has 2 amide bonds. The molecule has 37 heavy (non-hydrogen) atoms. The van der Waals surface area contributed by atoms with Crippen LogP contribution in [0.25, 0.3) is 0 Å². The lowest BCUT2D eigenvalue weighted by Crippen LogP contribution is -2.48. The van der Waals surface area contributed by atoms with Gasteiger partial charge in [-0.25, -0.2) is 9.18 Å². The zero-order chi connectivity index (χ0) is 26.8. The minimum absolute atomic E-state index is 0.118. The molecule has 0 bridgehead atoms. The fraction of sp³-hybridized carbons (Fsp3) is 0.679. The minimum Gasteiger partial charge on any atom is -0.497 e. The largest absolute Gasteiger partial charge is 0.497 e. The number of nitrogens with zero attached hydrogens (tertiary/aromatic N) is 5. The number of halogens is 1. The molecule has 1 aromatic rings. The van der Waals surface area contributed by atoms with Crippen LogP contribution in [-0.2, 0) is 6.54 Å². The summed E-state index contributed by atoms with van der Waals surface area (Å²) < 4.78 is 19.6. The number of aliphatic imine (C=N–C) groups is 2. The van der Waals surface area contributed by atoms with Crippen molar-refractivity contribution in [2.24, 2.45) is 9.98 Å². The van der Waals surface area contributed by atoms with Gasteiger partial charge < -0.3 is 14.5 Å². The lowest BCUT2D eigenvalue weighted by molar-refractivity contribution is 0.175. The van der Waals surface area contributed by atoms with E-state index in [0.717, 1.165) is 68.6 Å². The second-order valence-corrected chi connectivity index (χ2v) is 11.2. The van der Waals surface area contributed by atoms with E-state index in [-0.39, 0.29) is 17.9 Å². The molecule has 2 aliphatic rings. The third-order valence-corrected chi connectivity index (χ3v) is 8.12. The van der Waals surface area contributed by atoms with Crippen molar-refractivity contribution < 1.29 is 13.9 Å². The van der Waals surface area contributed by atoms with Gasteiger partial charge in [0, 0.05) is 63.0 Å². The molecular formula is C28H44FN5O2S. The zero-order valence-corrected chi connectivity index (χ0v) is 24.0. The van der Waals surface area contributed by atoms with Gasteiger partial charge in [0.25, 0.3) is 0 Å². The Kier molecular flexibility index (Phi) is 11.7. The number of ether oxygens (including phenoxy) is 1. The Labute approximate surface area is 226 Å². The smallest absolute Gasteiger partial charge is 0.344 e. The number of urea groups is 1. The second kappa shape index (κ2) is 14.7. The van der Waals surface area contributed by atoms with Gasteiger partial charge >= 0.3 is 6.03 Å². The van der Waals surface area contributed by atoms with Crippen LogP contribution in [0.2, 0.25) is 0 Å². The number of methoxy groups -OCH3 is 1. The van der Waals surface area contributed by atoms with E-state index >= 15 is 0 Å². The van der Waals surface area contributed by atoms with Crippen molar-refractivity contribution in [3.05, 3.63) is 29.6 Å². The van der Waals surface area contributed by atoms with Gasteiger partial charge in [0.1, 0.15) is 11.6 Å². The number of amidine groups is 1. The maximum atomic E-state index is 14.4. The first-order chi connectivity index (χ1) is 17.8. The van der Waals surface area contributed by atoms with Gasteiger partial charge in [-0.1, -0.05) is 32.8 Å². The molecule has 1 aromatic carbocycles. The van der Waals surface area contributed by atoms with Crippen molar-refractivity contribution >= 4 is 28.0 Å². The number of hydrogen-bond acceptors (Lipinski definition) is 5. The molecule has 0 spiro atoms. The molecule has 206 valence electrons. The predicted molar refractivity (Wildman–Crippen MR) is 152 cm³/mol. The number of thioether (sulfide) groups is 1. The molecule has 1 saturated carbocycles. The van der Waals surface area contributed by atoms with E-state index in [1.54, 1.807) is 19.2 Å². The van der Waals surface area contributed by atoms with Crippen LogP contribution in [0, 0.1) is 5.82 Å². The van der Waals surface area contributed by atoms with Crippen LogP contribution < -0.4 is 4.74 Å². The van der Waals surface area contributed by atoms with E-state index in [2.05, 4.69) is 35.6 Å². The minimum atomic E-state index is -0.234. The number of piperazine rings is 1.